The third kappa shape index (κ3) is 19.8. The first-order valence-electron chi connectivity index (χ1n) is 9.70. The number of alkyl halides is 3. The molecule has 1 rings (SSSR count). The molecule has 11 heteroatoms. The predicted molar refractivity (Wildman–Crippen MR) is 117 cm³/mol. The molecular formula is C20H28F3NO5S2. The molecule has 1 aromatic rings. The van der Waals surface area contributed by atoms with Crippen molar-refractivity contribution < 1.29 is 37.8 Å². The number of unbranched alkanes of at least 4 members (excludes halogenated alkanes) is 3. The van der Waals surface area contributed by atoms with Crippen molar-refractivity contribution in [3.8, 4) is 0 Å². The maximum absolute atomic E-state index is 11.7. The van der Waals surface area contributed by atoms with Crippen molar-refractivity contribution in [3.05, 3.63) is 35.9 Å². The van der Waals surface area contributed by atoms with E-state index in [1.54, 1.807) is 21.6 Å². The van der Waals surface area contributed by atoms with Crippen molar-refractivity contribution in [1.29, 1.82) is 0 Å². The number of benzene rings is 1. The molecule has 176 valence electrons. The Morgan fingerprint density at radius 1 is 0.871 bits per heavy atom. The minimum absolute atomic E-state index is 0.120. The molecule has 0 fully saturated rings. The monoisotopic (exact) mass is 483 g/mol. The van der Waals surface area contributed by atoms with Gasteiger partial charge in [0.2, 0.25) is 5.91 Å². The molecule has 0 aromatic heterocycles. The Kier molecular flexibility index (Phi) is 16.7. The molecule has 0 aliphatic carbocycles. The second-order valence-electron chi connectivity index (χ2n) is 6.34. The smallest absolute Gasteiger partial charge is 0.481 e. The van der Waals surface area contributed by atoms with Gasteiger partial charge in [-0.15, -0.1) is 0 Å². The van der Waals surface area contributed by atoms with E-state index in [9.17, 15) is 22.8 Å². The average molecular weight is 484 g/mol. The molecule has 3 N–H and O–H groups in total. The van der Waals surface area contributed by atoms with Gasteiger partial charge in [0.1, 0.15) is 0 Å². The summed E-state index contributed by atoms with van der Waals surface area (Å²) in [5.74, 6) is -1.98. The summed E-state index contributed by atoms with van der Waals surface area (Å²) in [7, 11) is 3.15. The molecule has 0 atom stereocenters. The van der Waals surface area contributed by atoms with Crippen LogP contribution in [-0.2, 0) is 20.8 Å². The summed E-state index contributed by atoms with van der Waals surface area (Å²) in [5, 5.41) is 18.5. The number of amides is 1. The average Bonchev–Trinajstić information content (AvgIpc) is 2.70. The number of carboxylic acids is 2. The lowest BCUT2D eigenvalue weighted by molar-refractivity contribution is -0.192. The van der Waals surface area contributed by atoms with E-state index < -0.39 is 18.1 Å². The third-order valence-corrected chi connectivity index (χ3v) is 6.10. The van der Waals surface area contributed by atoms with Gasteiger partial charge in [0, 0.05) is 24.5 Å². The molecule has 0 saturated heterocycles. The zero-order chi connectivity index (χ0) is 23.5. The van der Waals surface area contributed by atoms with Crippen LogP contribution >= 0.6 is 21.6 Å². The van der Waals surface area contributed by atoms with Crippen LogP contribution in [0.4, 0.5) is 13.2 Å². The van der Waals surface area contributed by atoms with Crippen LogP contribution in [0.5, 0.6) is 0 Å². The molecule has 0 spiro atoms. The predicted octanol–water partition coefficient (Wildman–Crippen LogP) is 4.79. The number of carbonyl (C=O) groups excluding carboxylic acids is 1. The van der Waals surface area contributed by atoms with Crippen molar-refractivity contribution in [2.45, 2.75) is 51.1 Å². The molecule has 1 amide bonds. The summed E-state index contributed by atoms with van der Waals surface area (Å²) in [5.41, 5.74) is 1.38. The lowest BCUT2D eigenvalue weighted by atomic mass is 10.1. The SMILES string of the molecule is O=C(O)C(F)(F)F.O=C(O)CCSSCCNC(=O)CCCCCCc1ccccc1. The van der Waals surface area contributed by atoms with Gasteiger partial charge in [-0.2, -0.15) is 13.2 Å². The number of carboxylic acid groups (broad SMARTS) is 2. The van der Waals surface area contributed by atoms with Crippen molar-refractivity contribution >= 4 is 39.4 Å². The zero-order valence-corrected chi connectivity index (χ0v) is 18.7. The van der Waals surface area contributed by atoms with Gasteiger partial charge in [-0.1, -0.05) is 64.8 Å². The van der Waals surface area contributed by atoms with Gasteiger partial charge in [-0.05, 0) is 24.8 Å². The molecule has 0 radical (unpaired) electrons. The van der Waals surface area contributed by atoms with Crippen LogP contribution in [0.25, 0.3) is 0 Å². The highest BCUT2D eigenvalue weighted by atomic mass is 33.1. The quantitative estimate of drug-likeness (QED) is 0.258. The molecule has 0 saturated carbocycles. The van der Waals surface area contributed by atoms with Crippen LogP contribution in [0, 0.1) is 0 Å². The lowest BCUT2D eigenvalue weighted by Gasteiger charge is -2.05. The first-order valence-corrected chi connectivity index (χ1v) is 12.2. The standard InChI is InChI=1S/C18H27NO3S2.C2HF3O2/c20-17(19-13-15-24-23-14-12-18(21)22)11-7-2-1-4-8-16-9-5-3-6-10-16;3-2(4,5)1(6)7/h3,5-6,9-10H,1-2,4,7-8,11-15H2,(H,19,20)(H,21,22);(H,6,7). The molecule has 0 unspecified atom stereocenters. The van der Waals surface area contributed by atoms with Gasteiger partial charge in [0.15, 0.2) is 0 Å². The van der Waals surface area contributed by atoms with E-state index in [1.165, 1.54) is 12.0 Å². The Morgan fingerprint density at radius 3 is 2.03 bits per heavy atom. The Labute approximate surface area is 187 Å². The fourth-order valence-corrected chi connectivity index (χ4v) is 4.07. The Morgan fingerprint density at radius 2 is 1.45 bits per heavy atom. The molecule has 31 heavy (non-hydrogen) atoms. The number of rotatable bonds is 14. The van der Waals surface area contributed by atoms with E-state index in [4.69, 9.17) is 15.0 Å². The summed E-state index contributed by atoms with van der Waals surface area (Å²) in [6.45, 7) is 0.650. The number of hydrogen-bond donors (Lipinski definition) is 3. The molecule has 0 aliphatic heterocycles. The highest BCUT2D eigenvalue weighted by molar-refractivity contribution is 8.76. The maximum Gasteiger partial charge on any atom is 0.490 e. The van der Waals surface area contributed by atoms with E-state index in [0.717, 1.165) is 31.4 Å². The van der Waals surface area contributed by atoms with Gasteiger partial charge in [0.25, 0.3) is 0 Å². The topological polar surface area (TPSA) is 104 Å². The van der Waals surface area contributed by atoms with E-state index in [0.29, 0.717) is 18.7 Å². The number of aliphatic carboxylic acids is 2. The Hall–Kier alpha value is -1.88. The summed E-state index contributed by atoms with van der Waals surface area (Å²) in [6, 6.07) is 10.5. The van der Waals surface area contributed by atoms with Crippen LogP contribution < -0.4 is 5.32 Å². The summed E-state index contributed by atoms with van der Waals surface area (Å²) in [4.78, 5) is 30.9. The molecule has 6 nitrogen and oxygen atoms in total. The summed E-state index contributed by atoms with van der Waals surface area (Å²) >= 11 is 0. The molecule has 0 aliphatic rings. The lowest BCUT2D eigenvalue weighted by Crippen LogP contribution is -2.25. The van der Waals surface area contributed by atoms with Gasteiger partial charge in [-0.25, -0.2) is 4.79 Å². The highest BCUT2D eigenvalue weighted by Gasteiger charge is 2.38. The maximum atomic E-state index is 11.7. The fraction of sp³-hybridized carbons (Fsp3) is 0.550. The second kappa shape index (κ2) is 17.8. The van der Waals surface area contributed by atoms with Crippen LogP contribution in [0.15, 0.2) is 30.3 Å². The van der Waals surface area contributed by atoms with Crippen LogP contribution in [0.1, 0.15) is 44.1 Å². The van der Waals surface area contributed by atoms with Crippen LogP contribution in [-0.4, -0.2) is 52.3 Å². The largest absolute Gasteiger partial charge is 0.490 e. The number of hydrogen-bond acceptors (Lipinski definition) is 5. The second-order valence-corrected chi connectivity index (χ2v) is 9.04. The van der Waals surface area contributed by atoms with Crippen molar-refractivity contribution in [3.63, 3.8) is 0 Å². The Balaban J connectivity index is 0.00000110. The molecule has 1 aromatic carbocycles. The molecular weight excluding hydrogens is 455 g/mol. The minimum Gasteiger partial charge on any atom is -0.481 e. The van der Waals surface area contributed by atoms with Crippen LogP contribution in [0.2, 0.25) is 0 Å². The molecule has 0 bridgehead atoms. The summed E-state index contributed by atoms with van der Waals surface area (Å²) in [6.07, 6.45) is 1.20. The van der Waals surface area contributed by atoms with E-state index >= 15 is 0 Å². The van der Waals surface area contributed by atoms with E-state index in [-0.39, 0.29) is 12.3 Å². The van der Waals surface area contributed by atoms with Crippen molar-refractivity contribution in [2.75, 3.05) is 18.1 Å². The van der Waals surface area contributed by atoms with E-state index in [2.05, 4.69) is 29.6 Å². The van der Waals surface area contributed by atoms with Gasteiger partial charge in [0.05, 0.1) is 6.42 Å². The number of halogens is 3. The fourth-order valence-electron chi connectivity index (χ4n) is 2.18. The minimum atomic E-state index is -5.08. The van der Waals surface area contributed by atoms with Crippen molar-refractivity contribution in [1.82, 2.24) is 5.32 Å². The Bertz CT molecular complexity index is 645. The first kappa shape index (κ1) is 29.1. The number of nitrogens with one attached hydrogen (secondary N) is 1. The van der Waals surface area contributed by atoms with Crippen LogP contribution in [0.3, 0.4) is 0 Å². The first-order chi connectivity index (χ1) is 14.6. The van der Waals surface area contributed by atoms with E-state index in [1.807, 2.05) is 6.07 Å². The van der Waals surface area contributed by atoms with Gasteiger partial charge >= 0.3 is 18.1 Å². The number of carbonyl (C=O) groups is 3. The van der Waals surface area contributed by atoms with Crippen molar-refractivity contribution in [2.24, 2.45) is 0 Å². The third-order valence-electron chi connectivity index (χ3n) is 3.69. The van der Waals surface area contributed by atoms with Gasteiger partial charge in [-0.3, -0.25) is 9.59 Å². The normalized spacial score (nSPS) is 10.7. The zero-order valence-electron chi connectivity index (χ0n) is 17.0. The van der Waals surface area contributed by atoms with Gasteiger partial charge < -0.3 is 15.5 Å². The highest BCUT2D eigenvalue weighted by Crippen LogP contribution is 2.21. The summed E-state index contributed by atoms with van der Waals surface area (Å²) < 4.78 is 31.7. The molecule has 0 heterocycles. The number of aryl methyl sites for hydroxylation is 1.